The molecule has 1 heterocycles. The van der Waals surface area contributed by atoms with Gasteiger partial charge in [0.2, 0.25) is 11.8 Å². The molecular formula is C23H24N4O4. The second kappa shape index (κ2) is 10.2. The van der Waals surface area contributed by atoms with Gasteiger partial charge in [-0.15, -0.1) is 0 Å². The number of nitrogens with zero attached hydrogens (tertiary/aromatic N) is 2. The second-order valence-electron chi connectivity index (χ2n) is 6.98. The molecule has 2 aromatic carbocycles. The molecule has 1 aromatic heterocycles. The van der Waals surface area contributed by atoms with E-state index in [1.165, 1.54) is 13.0 Å². The number of aryl methyl sites for hydroxylation is 1. The highest BCUT2D eigenvalue weighted by atomic mass is 16.5. The number of nitrogens with one attached hydrogen (secondary N) is 2. The van der Waals surface area contributed by atoms with E-state index in [1.807, 2.05) is 31.2 Å². The minimum atomic E-state index is -0.366. The number of hydrogen-bond acceptors (Lipinski definition) is 5. The first kappa shape index (κ1) is 21.8. The molecule has 0 saturated carbocycles. The van der Waals surface area contributed by atoms with E-state index in [2.05, 4.69) is 15.7 Å². The van der Waals surface area contributed by atoms with Gasteiger partial charge in [-0.05, 0) is 37.3 Å². The lowest BCUT2D eigenvalue weighted by molar-refractivity contribution is -0.119. The second-order valence-corrected chi connectivity index (χ2v) is 6.98. The maximum absolute atomic E-state index is 12.4. The Morgan fingerprint density at radius 3 is 2.39 bits per heavy atom. The number of hydrogen-bond donors (Lipinski definition) is 2. The average molecular weight is 420 g/mol. The Morgan fingerprint density at radius 2 is 1.71 bits per heavy atom. The number of benzene rings is 2. The topological polar surface area (TPSA) is 102 Å². The van der Waals surface area contributed by atoms with Crippen molar-refractivity contribution in [1.82, 2.24) is 15.1 Å². The lowest BCUT2D eigenvalue weighted by Crippen LogP contribution is -2.29. The van der Waals surface area contributed by atoms with Crippen molar-refractivity contribution >= 4 is 17.5 Å². The van der Waals surface area contributed by atoms with Crippen LogP contribution in [0.1, 0.15) is 12.5 Å². The molecule has 0 atom stereocenters. The lowest BCUT2D eigenvalue weighted by atomic mass is 10.1. The molecule has 0 aliphatic rings. The largest absolute Gasteiger partial charge is 0.492 e. The van der Waals surface area contributed by atoms with Gasteiger partial charge in [0.1, 0.15) is 18.9 Å². The van der Waals surface area contributed by atoms with Crippen molar-refractivity contribution in [3.63, 3.8) is 0 Å². The highest BCUT2D eigenvalue weighted by Gasteiger charge is 2.09. The van der Waals surface area contributed by atoms with Crippen molar-refractivity contribution in [3.8, 4) is 17.0 Å². The number of anilines is 1. The molecule has 0 spiro atoms. The zero-order valence-corrected chi connectivity index (χ0v) is 17.4. The summed E-state index contributed by atoms with van der Waals surface area (Å²) < 4.78 is 6.65. The molecule has 0 fully saturated rings. The predicted molar refractivity (Wildman–Crippen MR) is 118 cm³/mol. The molecule has 0 aliphatic heterocycles. The number of aromatic nitrogens is 2. The fourth-order valence-corrected chi connectivity index (χ4v) is 2.81. The first-order chi connectivity index (χ1) is 14.9. The normalized spacial score (nSPS) is 10.4. The lowest BCUT2D eigenvalue weighted by Gasteiger charge is -2.10. The molecule has 160 valence electrons. The van der Waals surface area contributed by atoms with Crippen molar-refractivity contribution in [2.24, 2.45) is 0 Å². The summed E-state index contributed by atoms with van der Waals surface area (Å²) in [4.78, 5) is 35.4. The number of carbonyl (C=O) groups is 2. The predicted octanol–water partition coefficient (Wildman–Crippen LogP) is 2.37. The van der Waals surface area contributed by atoms with E-state index in [9.17, 15) is 14.4 Å². The van der Waals surface area contributed by atoms with Gasteiger partial charge in [-0.1, -0.05) is 29.8 Å². The maximum atomic E-state index is 12.4. The van der Waals surface area contributed by atoms with Gasteiger partial charge >= 0.3 is 0 Å². The van der Waals surface area contributed by atoms with Crippen LogP contribution in [0.3, 0.4) is 0 Å². The number of rotatable bonds is 8. The molecule has 3 rings (SSSR count). The van der Waals surface area contributed by atoms with E-state index in [0.29, 0.717) is 30.3 Å². The Balaban J connectivity index is 1.59. The van der Waals surface area contributed by atoms with E-state index in [-0.39, 0.29) is 23.9 Å². The van der Waals surface area contributed by atoms with Gasteiger partial charge in [0.05, 0.1) is 12.2 Å². The van der Waals surface area contributed by atoms with E-state index >= 15 is 0 Å². The minimum Gasteiger partial charge on any atom is -0.492 e. The van der Waals surface area contributed by atoms with Crippen LogP contribution in [0.25, 0.3) is 11.3 Å². The summed E-state index contributed by atoms with van der Waals surface area (Å²) in [5.74, 6) is 0.140. The highest BCUT2D eigenvalue weighted by molar-refractivity contribution is 5.90. The van der Waals surface area contributed by atoms with Gasteiger partial charge in [0.15, 0.2) is 0 Å². The summed E-state index contributed by atoms with van der Waals surface area (Å²) in [6.07, 6.45) is 0. The summed E-state index contributed by atoms with van der Waals surface area (Å²) in [5, 5.41) is 9.70. The standard InChI is InChI=1S/C23H24N4O4/c1-16-3-5-18(6-4-16)21-11-12-23(30)27(26-21)15-22(29)25-19-7-9-20(10-8-19)31-14-13-24-17(2)28/h3-12H,13-15H2,1-2H3,(H,24,28)(H,25,29). The molecule has 0 bridgehead atoms. The third-order valence-corrected chi connectivity index (χ3v) is 4.39. The van der Waals surface area contributed by atoms with Crippen LogP contribution in [-0.4, -0.2) is 34.7 Å². The fraction of sp³-hybridized carbons (Fsp3) is 0.217. The number of carbonyl (C=O) groups excluding carboxylic acids is 2. The smallest absolute Gasteiger partial charge is 0.267 e. The van der Waals surface area contributed by atoms with Crippen LogP contribution in [0, 0.1) is 6.92 Å². The molecule has 8 nitrogen and oxygen atoms in total. The molecule has 8 heteroatoms. The van der Waals surface area contributed by atoms with Crippen LogP contribution < -0.4 is 20.9 Å². The zero-order chi connectivity index (χ0) is 22.2. The molecule has 0 saturated heterocycles. The molecule has 2 amide bonds. The summed E-state index contributed by atoms with van der Waals surface area (Å²) in [5.41, 5.74) is 2.83. The van der Waals surface area contributed by atoms with Crippen LogP contribution in [0.2, 0.25) is 0 Å². The summed E-state index contributed by atoms with van der Waals surface area (Å²) >= 11 is 0. The first-order valence-corrected chi connectivity index (χ1v) is 9.83. The summed E-state index contributed by atoms with van der Waals surface area (Å²) in [7, 11) is 0. The summed E-state index contributed by atoms with van der Waals surface area (Å²) in [6, 6.07) is 17.7. The summed E-state index contributed by atoms with van der Waals surface area (Å²) in [6.45, 7) is 3.99. The van der Waals surface area contributed by atoms with Crippen molar-refractivity contribution < 1.29 is 14.3 Å². The highest BCUT2D eigenvalue weighted by Crippen LogP contribution is 2.17. The molecule has 2 N–H and O–H groups in total. The van der Waals surface area contributed by atoms with E-state index in [0.717, 1.165) is 15.8 Å². The van der Waals surface area contributed by atoms with Gasteiger partial charge in [-0.3, -0.25) is 14.4 Å². The Morgan fingerprint density at radius 1 is 1.00 bits per heavy atom. The molecular weight excluding hydrogens is 396 g/mol. The molecule has 0 unspecified atom stereocenters. The molecule has 0 radical (unpaired) electrons. The van der Waals surface area contributed by atoms with Gasteiger partial charge in [0, 0.05) is 24.2 Å². The maximum Gasteiger partial charge on any atom is 0.267 e. The molecule has 3 aromatic rings. The van der Waals surface area contributed by atoms with Gasteiger partial charge in [-0.2, -0.15) is 5.10 Å². The van der Waals surface area contributed by atoms with Crippen LogP contribution in [0.5, 0.6) is 5.75 Å². The Labute approximate surface area is 179 Å². The van der Waals surface area contributed by atoms with Crippen LogP contribution in [-0.2, 0) is 16.1 Å². The zero-order valence-electron chi connectivity index (χ0n) is 17.4. The van der Waals surface area contributed by atoms with Crippen molar-refractivity contribution in [2.45, 2.75) is 20.4 Å². The number of ether oxygens (including phenoxy) is 1. The van der Waals surface area contributed by atoms with Crippen molar-refractivity contribution in [1.29, 1.82) is 0 Å². The van der Waals surface area contributed by atoms with Crippen LogP contribution in [0.4, 0.5) is 5.69 Å². The first-order valence-electron chi connectivity index (χ1n) is 9.83. The third kappa shape index (κ3) is 6.53. The minimum absolute atomic E-state index is 0.111. The average Bonchev–Trinajstić information content (AvgIpc) is 2.74. The van der Waals surface area contributed by atoms with Crippen LogP contribution >= 0.6 is 0 Å². The Bertz CT molecular complexity index is 1110. The molecule has 0 aliphatic carbocycles. The van der Waals surface area contributed by atoms with Crippen LogP contribution in [0.15, 0.2) is 65.5 Å². The number of amides is 2. The molecule has 31 heavy (non-hydrogen) atoms. The van der Waals surface area contributed by atoms with E-state index in [4.69, 9.17) is 4.74 Å². The van der Waals surface area contributed by atoms with Gasteiger partial charge < -0.3 is 15.4 Å². The Hall–Kier alpha value is -3.94. The fourth-order valence-electron chi connectivity index (χ4n) is 2.81. The van der Waals surface area contributed by atoms with E-state index in [1.54, 1.807) is 30.3 Å². The van der Waals surface area contributed by atoms with Gasteiger partial charge in [0.25, 0.3) is 5.56 Å². The van der Waals surface area contributed by atoms with E-state index < -0.39 is 0 Å². The van der Waals surface area contributed by atoms with Gasteiger partial charge in [-0.25, -0.2) is 4.68 Å². The third-order valence-electron chi connectivity index (χ3n) is 4.39. The SMILES string of the molecule is CC(=O)NCCOc1ccc(NC(=O)Cn2nc(-c3ccc(C)cc3)ccc2=O)cc1. The monoisotopic (exact) mass is 420 g/mol. The Kier molecular flexibility index (Phi) is 7.16. The van der Waals surface area contributed by atoms with Crippen molar-refractivity contribution in [3.05, 3.63) is 76.6 Å². The quantitative estimate of drug-likeness (QED) is 0.545. The van der Waals surface area contributed by atoms with Crippen molar-refractivity contribution in [2.75, 3.05) is 18.5 Å².